The van der Waals surface area contributed by atoms with Crippen molar-refractivity contribution < 1.29 is 23.9 Å². The summed E-state index contributed by atoms with van der Waals surface area (Å²) in [6.07, 6.45) is 2.50. The van der Waals surface area contributed by atoms with Gasteiger partial charge < -0.3 is 19.2 Å². The minimum atomic E-state index is -1.10. The average Bonchev–Trinajstić information content (AvgIpc) is 2.84. The monoisotopic (exact) mass is 314 g/mol. The maximum absolute atomic E-state index is 11.6. The van der Waals surface area contributed by atoms with Crippen molar-refractivity contribution in [3.05, 3.63) is 42.4 Å². The number of esters is 1. The highest BCUT2D eigenvalue weighted by Crippen LogP contribution is 2.30. The summed E-state index contributed by atoms with van der Waals surface area (Å²) in [5.41, 5.74) is 1.33. The van der Waals surface area contributed by atoms with Crippen LogP contribution in [0.1, 0.15) is 25.0 Å². The summed E-state index contributed by atoms with van der Waals surface area (Å²) in [4.78, 5) is 19.4. The molecule has 0 aliphatic carbocycles. The summed E-state index contributed by atoms with van der Waals surface area (Å²) in [6.45, 7) is 2.06. The minimum absolute atomic E-state index is 0.0595. The molecule has 0 saturated carbocycles. The Bertz CT molecular complexity index is 698. The Kier molecular flexibility index (Phi) is 4.54. The Morgan fingerprint density at radius 3 is 3.04 bits per heavy atom. The lowest BCUT2D eigenvalue weighted by atomic mass is 9.79. The van der Waals surface area contributed by atoms with Crippen LogP contribution < -0.4 is 10.2 Å². The zero-order chi connectivity index (χ0) is 16.2. The fourth-order valence-electron chi connectivity index (χ4n) is 2.41. The predicted octanol–water partition coefficient (Wildman–Crippen LogP) is 0.981. The number of hydrogen-bond acceptors (Lipinski definition) is 7. The van der Waals surface area contributed by atoms with Gasteiger partial charge in [0.1, 0.15) is 12.1 Å². The molecule has 118 valence electrons. The van der Waals surface area contributed by atoms with Gasteiger partial charge in [-0.2, -0.15) is 0 Å². The first-order valence-corrected chi connectivity index (χ1v) is 7.24. The number of nitrogens with zero attached hydrogens (tertiary/aromatic N) is 2. The summed E-state index contributed by atoms with van der Waals surface area (Å²) in [5.74, 6) is 0.553. The number of aromatic nitrogens is 2. The molecule has 0 bridgehead atoms. The molecule has 0 saturated heterocycles. The second-order valence-electron chi connectivity index (χ2n) is 4.93. The number of benzene rings is 1. The molecule has 23 heavy (non-hydrogen) atoms. The topological polar surface area (TPSA) is 90.8 Å². The number of carbonyl (C=O) groups excluding carboxylic acids is 1. The van der Waals surface area contributed by atoms with Gasteiger partial charge in [0, 0.05) is 12.3 Å². The van der Waals surface area contributed by atoms with Crippen LogP contribution in [0.15, 0.2) is 36.8 Å². The van der Waals surface area contributed by atoms with Gasteiger partial charge in [-0.1, -0.05) is 6.07 Å². The van der Waals surface area contributed by atoms with E-state index < -0.39 is 13.2 Å². The number of fused-ring (bicyclic) bond motifs is 1. The average molecular weight is 314 g/mol. The van der Waals surface area contributed by atoms with Gasteiger partial charge in [-0.3, -0.25) is 4.79 Å². The van der Waals surface area contributed by atoms with Crippen molar-refractivity contribution in [1.82, 2.24) is 9.97 Å². The summed E-state index contributed by atoms with van der Waals surface area (Å²) < 4.78 is 15.9. The Morgan fingerprint density at radius 2 is 2.30 bits per heavy atom. The fourth-order valence-corrected chi connectivity index (χ4v) is 2.41. The molecule has 1 aliphatic rings. The molecule has 7 nitrogen and oxygen atoms in total. The van der Waals surface area contributed by atoms with Gasteiger partial charge in [0.05, 0.1) is 19.1 Å². The van der Waals surface area contributed by atoms with Crippen molar-refractivity contribution in [2.24, 2.45) is 0 Å². The second-order valence-corrected chi connectivity index (χ2v) is 4.93. The smallest absolute Gasteiger partial charge is 0.466 e. The molecule has 1 N–H and O–H groups in total. The summed E-state index contributed by atoms with van der Waals surface area (Å²) in [6, 6.07) is 6.81. The summed E-state index contributed by atoms with van der Waals surface area (Å²) >= 11 is 0. The lowest BCUT2D eigenvalue weighted by Crippen LogP contribution is -2.28. The number of carbonyl (C=O) groups is 1. The normalized spacial score (nSPS) is 16.1. The van der Waals surface area contributed by atoms with Gasteiger partial charge in [-0.05, 0) is 30.1 Å². The van der Waals surface area contributed by atoms with Crippen LogP contribution >= 0.6 is 0 Å². The molecule has 1 unspecified atom stereocenters. The second kappa shape index (κ2) is 6.76. The lowest BCUT2D eigenvalue weighted by Gasteiger charge is -2.11. The van der Waals surface area contributed by atoms with Crippen molar-refractivity contribution in [2.45, 2.75) is 19.4 Å². The van der Waals surface area contributed by atoms with E-state index in [0.717, 1.165) is 5.56 Å². The predicted molar refractivity (Wildman–Crippen MR) is 81.2 cm³/mol. The molecule has 1 atom stereocenters. The van der Waals surface area contributed by atoms with Gasteiger partial charge in [-0.25, -0.2) is 9.97 Å². The van der Waals surface area contributed by atoms with E-state index >= 15 is 0 Å². The van der Waals surface area contributed by atoms with Crippen LogP contribution in [0.25, 0.3) is 0 Å². The van der Waals surface area contributed by atoms with E-state index in [9.17, 15) is 9.82 Å². The van der Waals surface area contributed by atoms with E-state index in [1.165, 1.54) is 6.33 Å². The fraction of sp³-hybridized carbons (Fsp3) is 0.267. The molecule has 0 radical (unpaired) electrons. The van der Waals surface area contributed by atoms with Crippen molar-refractivity contribution in [1.29, 1.82) is 0 Å². The standard InChI is InChI=1S/C15H15BN2O5/c1-2-21-15(19)8-13-11-4-3-10(7-12(11)16(20)23-13)22-14-5-6-17-9-18-14/h3-7,9,13,20H,2,8H2,1H3. The molecular formula is C15H15BN2O5. The highest BCUT2D eigenvalue weighted by molar-refractivity contribution is 6.61. The molecule has 2 aromatic rings. The van der Waals surface area contributed by atoms with Crippen LogP contribution in [0.4, 0.5) is 0 Å². The van der Waals surface area contributed by atoms with E-state index in [2.05, 4.69) is 9.97 Å². The van der Waals surface area contributed by atoms with Crippen LogP contribution in [0.5, 0.6) is 11.6 Å². The first kappa shape index (κ1) is 15.5. The van der Waals surface area contributed by atoms with Crippen molar-refractivity contribution in [3.63, 3.8) is 0 Å². The molecule has 8 heteroatoms. The van der Waals surface area contributed by atoms with E-state index in [1.54, 1.807) is 37.4 Å². The molecule has 0 fully saturated rings. The zero-order valence-corrected chi connectivity index (χ0v) is 12.5. The van der Waals surface area contributed by atoms with Crippen molar-refractivity contribution in [2.75, 3.05) is 6.61 Å². The SMILES string of the molecule is CCOC(=O)CC1OB(O)c2cc(Oc3ccncn3)ccc21. The number of hydrogen-bond donors (Lipinski definition) is 1. The highest BCUT2D eigenvalue weighted by Gasteiger charge is 2.36. The van der Waals surface area contributed by atoms with Gasteiger partial charge in [-0.15, -0.1) is 0 Å². The maximum atomic E-state index is 11.6. The first-order chi connectivity index (χ1) is 11.2. The maximum Gasteiger partial charge on any atom is 0.492 e. The Hall–Kier alpha value is -2.45. The van der Waals surface area contributed by atoms with Crippen molar-refractivity contribution >= 4 is 18.6 Å². The quantitative estimate of drug-likeness (QED) is 0.650. The molecular weight excluding hydrogens is 299 g/mol. The van der Waals surface area contributed by atoms with Gasteiger partial charge >= 0.3 is 13.1 Å². The van der Waals surface area contributed by atoms with Crippen LogP contribution in [-0.4, -0.2) is 34.7 Å². The number of rotatable bonds is 5. The Balaban J connectivity index is 1.77. The first-order valence-electron chi connectivity index (χ1n) is 7.24. The highest BCUT2D eigenvalue weighted by atomic mass is 16.5. The largest absolute Gasteiger partial charge is 0.492 e. The van der Waals surface area contributed by atoms with Crippen molar-refractivity contribution in [3.8, 4) is 11.6 Å². The van der Waals surface area contributed by atoms with Crippen LogP contribution in [-0.2, 0) is 14.2 Å². The molecule has 0 amide bonds. The zero-order valence-electron chi connectivity index (χ0n) is 12.5. The number of ether oxygens (including phenoxy) is 2. The van der Waals surface area contributed by atoms with Gasteiger partial charge in [0.15, 0.2) is 0 Å². The molecule has 1 aliphatic heterocycles. The minimum Gasteiger partial charge on any atom is -0.466 e. The Morgan fingerprint density at radius 1 is 1.43 bits per heavy atom. The summed E-state index contributed by atoms with van der Waals surface area (Å²) in [7, 11) is -1.10. The van der Waals surface area contributed by atoms with E-state index in [-0.39, 0.29) is 12.4 Å². The lowest BCUT2D eigenvalue weighted by molar-refractivity contribution is -0.145. The van der Waals surface area contributed by atoms with Crippen LogP contribution in [0.2, 0.25) is 0 Å². The van der Waals surface area contributed by atoms with Gasteiger partial charge in [0.2, 0.25) is 5.88 Å². The third kappa shape index (κ3) is 3.49. The van der Waals surface area contributed by atoms with Crippen LogP contribution in [0.3, 0.4) is 0 Å². The molecule has 1 aromatic carbocycles. The molecule has 1 aromatic heterocycles. The van der Waals surface area contributed by atoms with E-state index in [1.807, 2.05) is 0 Å². The summed E-state index contributed by atoms with van der Waals surface area (Å²) in [5, 5.41) is 10.0. The molecule has 3 rings (SSSR count). The molecule has 0 spiro atoms. The van der Waals surface area contributed by atoms with E-state index in [0.29, 0.717) is 23.7 Å². The van der Waals surface area contributed by atoms with Gasteiger partial charge in [0.25, 0.3) is 0 Å². The Labute approximate surface area is 133 Å². The van der Waals surface area contributed by atoms with Crippen LogP contribution in [0, 0.1) is 0 Å². The molecule has 2 heterocycles. The third-order valence-electron chi connectivity index (χ3n) is 3.40. The third-order valence-corrected chi connectivity index (χ3v) is 3.40. The van der Waals surface area contributed by atoms with E-state index in [4.69, 9.17) is 14.1 Å².